The Labute approximate surface area is 165 Å². The molecule has 136 valence electrons. The predicted molar refractivity (Wildman–Crippen MR) is 101 cm³/mol. The third-order valence-electron chi connectivity index (χ3n) is 3.84. The van der Waals surface area contributed by atoms with Crippen molar-refractivity contribution in [1.29, 1.82) is 0 Å². The highest BCUT2D eigenvalue weighted by Gasteiger charge is 2.15. The van der Waals surface area contributed by atoms with E-state index in [0.29, 0.717) is 16.6 Å². The van der Waals surface area contributed by atoms with Gasteiger partial charge in [0.25, 0.3) is 0 Å². The zero-order chi connectivity index (χ0) is 19.3. The van der Waals surface area contributed by atoms with Gasteiger partial charge in [-0.1, -0.05) is 40.0 Å². The van der Waals surface area contributed by atoms with Gasteiger partial charge in [0.05, 0.1) is 21.3 Å². The summed E-state index contributed by atoms with van der Waals surface area (Å²) in [6, 6.07) is 7.19. The number of aromatic hydroxyl groups is 2. The minimum absolute atomic E-state index is 0.0618. The average molecular weight is 425 g/mol. The van der Waals surface area contributed by atoms with Gasteiger partial charge in [0.1, 0.15) is 17.0 Å². The van der Waals surface area contributed by atoms with E-state index in [9.17, 15) is 15.0 Å². The van der Waals surface area contributed by atoms with E-state index in [1.807, 2.05) is 0 Å². The van der Waals surface area contributed by atoms with Crippen LogP contribution in [0.25, 0.3) is 27.9 Å². The van der Waals surface area contributed by atoms with E-state index in [-0.39, 0.29) is 37.8 Å². The van der Waals surface area contributed by atoms with Crippen molar-refractivity contribution in [1.82, 2.24) is 15.0 Å². The Morgan fingerprint density at radius 2 is 1.67 bits per heavy atom. The fourth-order valence-electron chi connectivity index (χ4n) is 2.50. The summed E-state index contributed by atoms with van der Waals surface area (Å²) in [5.74, 6) is -0.422. The smallest absolute Gasteiger partial charge is 0.362 e. The second-order valence-corrected chi connectivity index (χ2v) is 6.82. The Hall–Kier alpha value is -2.74. The van der Waals surface area contributed by atoms with Crippen LogP contribution in [0.5, 0.6) is 11.5 Å². The quantitative estimate of drug-likeness (QED) is 0.462. The summed E-state index contributed by atoms with van der Waals surface area (Å²) in [4.78, 5) is 12.3. The molecular weight excluding hydrogens is 417 g/mol. The summed E-state index contributed by atoms with van der Waals surface area (Å²) in [5.41, 5.74) is 0.485. The van der Waals surface area contributed by atoms with Gasteiger partial charge in [-0.2, -0.15) is 0 Å². The first-order chi connectivity index (χ1) is 12.8. The number of nitrogens with zero attached hydrogens (tertiary/aromatic N) is 3. The Kier molecular flexibility index (Phi) is 4.22. The number of phenols is 2. The summed E-state index contributed by atoms with van der Waals surface area (Å²) >= 11 is 17.7. The average Bonchev–Trinajstić information content (AvgIpc) is 3.10. The SMILES string of the molecule is O=c1oc2cc(O)c(Cl)cc2cc1-n1cc(-c2cc(Cl)c(O)c(Cl)c2)nn1. The van der Waals surface area contributed by atoms with Crippen LogP contribution in [-0.4, -0.2) is 25.2 Å². The molecule has 0 radical (unpaired) electrons. The van der Waals surface area contributed by atoms with Crippen LogP contribution in [-0.2, 0) is 0 Å². The van der Waals surface area contributed by atoms with Gasteiger partial charge in [-0.05, 0) is 24.3 Å². The van der Waals surface area contributed by atoms with E-state index >= 15 is 0 Å². The summed E-state index contributed by atoms with van der Waals surface area (Å²) < 4.78 is 6.45. The van der Waals surface area contributed by atoms with Crippen molar-refractivity contribution in [2.24, 2.45) is 0 Å². The lowest BCUT2D eigenvalue weighted by atomic mass is 10.1. The number of halogens is 3. The van der Waals surface area contributed by atoms with Crippen LogP contribution in [0.1, 0.15) is 0 Å². The molecule has 0 bridgehead atoms. The maximum Gasteiger partial charge on any atom is 0.362 e. The molecule has 0 atom stereocenters. The fourth-order valence-corrected chi connectivity index (χ4v) is 3.16. The number of hydrogen-bond acceptors (Lipinski definition) is 6. The van der Waals surface area contributed by atoms with Crippen molar-refractivity contribution in [3.05, 3.63) is 62.0 Å². The molecule has 0 aliphatic heterocycles. The van der Waals surface area contributed by atoms with Gasteiger partial charge in [0, 0.05) is 17.0 Å². The highest BCUT2D eigenvalue weighted by Crippen LogP contribution is 2.36. The molecule has 2 N–H and O–H groups in total. The van der Waals surface area contributed by atoms with Crippen LogP contribution in [0.15, 0.2) is 45.7 Å². The first kappa shape index (κ1) is 17.7. The molecule has 10 heteroatoms. The molecular formula is C17H8Cl3N3O4. The first-order valence-electron chi connectivity index (χ1n) is 7.41. The van der Waals surface area contributed by atoms with Gasteiger partial charge in [0.15, 0.2) is 11.4 Å². The first-order valence-corrected chi connectivity index (χ1v) is 8.54. The minimum atomic E-state index is -0.678. The number of benzene rings is 2. The van der Waals surface area contributed by atoms with Crippen LogP contribution in [0.2, 0.25) is 15.1 Å². The molecule has 4 aromatic rings. The standard InChI is InChI=1S/C17H8Cl3N3O4/c18-9-3-8-4-13(17(26)27-15(8)5-14(9)24)23-6-12(21-22-23)7-1-10(19)16(25)11(20)2-7/h1-6,24-25H. The molecule has 0 amide bonds. The van der Waals surface area contributed by atoms with Crippen molar-refractivity contribution < 1.29 is 14.6 Å². The van der Waals surface area contributed by atoms with Crippen LogP contribution in [0.3, 0.4) is 0 Å². The summed E-state index contributed by atoms with van der Waals surface area (Å²) in [5, 5.41) is 27.9. The van der Waals surface area contributed by atoms with Crippen molar-refractivity contribution in [2.75, 3.05) is 0 Å². The molecule has 0 spiro atoms. The highest BCUT2D eigenvalue weighted by molar-refractivity contribution is 6.37. The van der Waals surface area contributed by atoms with Gasteiger partial charge in [-0.3, -0.25) is 0 Å². The van der Waals surface area contributed by atoms with E-state index in [4.69, 9.17) is 39.2 Å². The summed E-state index contributed by atoms with van der Waals surface area (Å²) in [6.45, 7) is 0. The van der Waals surface area contributed by atoms with Crippen LogP contribution in [0, 0.1) is 0 Å². The van der Waals surface area contributed by atoms with E-state index in [0.717, 1.165) is 0 Å². The van der Waals surface area contributed by atoms with E-state index in [2.05, 4.69) is 10.3 Å². The highest BCUT2D eigenvalue weighted by atomic mass is 35.5. The van der Waals surface area contributed by atoms with Crippen LogP contribution >= 0.6 is 34.8 Å². The Bertz CT molecular complexity index is 1240. The molecule has 2 aromatic heterocycles. The summed E-state index contributed by atoms with van der Waals surface area (Å²) in [7, 11) is 0. The van der Waals surface area contributed by atoms with Gasteiger partial charge >= 0.3 is 5.63 Å². The maximum atomic E-state index is 12.3. The zero-order valence-electron chi connectivity index (χ0n) is 13.2. The largest absolute Gasteiger partial charge is 0.506 e. The summed E-state index contributed by atoms with van der Waals surface area (Å²) in [6.07, 6.45) is 1.49. The molecule has 0 fully saturated rings. The zero-order valence-corrected chi connectivity index (χ0v) is 15.4. The monoisotopic (exact) mass is 423 g/mol. The van der Waals surface area contributed by atoms with Gasteiger partial charge in [-0.25, -0.2) is 9.48 Å². The number of phenolic OH excluding ortho intramolecular Hbond substituents is 2. The second-order valence-electron chi connectivity index (χ2n) is 5.60. The lowest BCUT2D eigenvalue weighted by Gasteiger charge is -2.04. The molecule has 4 rings (SSSR count). The third-order valence-corrected chi connectivity index (χ3v) is 4.72. The molecule has 0 saturated carbocycles. The Morgan fingerprint density at radius 3 is 2.37 bits per heavy atom. The number of rotatable bonds is 2. The molecule has 2 aromatic carbocycles. The number of aromatic nitrogens is 3. The molecule has 2 heterocycles. The molecule has 0 saturated heterocycles. The van der Waals surface area contributed by atoms with Crippen molar-refractivity contribution in [3.8, 4) is 28.4 Å². The number of hydrogen-bond donors (Lipinski definition) is 2. The number of fused-ring (bicyclic) bond motifs is 1. The lowest BCUT2D eigenvalue weighted by Crippen LogP contribution is -2.10. The minimum Gasteiger partial charge on any atom is -0.506 e. The topological polar surface area (TPSA) is 101 Å². The van der Waals surface area contributed by atoms with Crippen LogP contribution < -0.4 is 5.63 Å². The van der Waals surface area contributed by atoms with Crippen molar-refractivity contribution in [2.45, 2.75) is 0 Å². The molecule has 7 nitrogen and oxygen atoms in total. The fraction of sp³-hybridized carbons (Fsp3) is 0. The van der Waals surface area contributed by atoms with Gasteiger partial charge in [-0.15, -0.1) is 5.10 Å². The van der Waals surface area contributed by atoms with Crippen LogP contribution in [0.4, 0.5) is 0 Å². The van der Waals surface area contributed by atoms with E-state index in [1.54, 1.807) is 0 Å². The molecule has 0 aliphatic rings. The van der Waals surface area contributed by atoms with E-state index in [1.165, 1.54) is 41.2 Å². The molecule has 0 aliphatic carbocycles. The van der Waals surface area contributed by atoms with Gasteiger partial charge < -0.3 is 14.6 Å². The maximum absolute atomic E-state index is 12.3. The molecule has 27 heavy (non-hydrogen) atoms. The van der Waals surface area contributed by atoms with Crippen molar-refractivity contribution >= 4 is 45.8 Å². The normalized spacial score (nSPS) is 11.2. The van der Waals surface area contributed by atoms with Crippen molar-refractivity contribution in [3.63, 3.8) is 0 Å². The lowest BCUT2D eigenvalue weighted by molar-refractivity contribution is 0.473. The Morgan fingerprint density at radius 1 is 0.963 bits per heavy atom. The van der Waals surface area contributed by atoms with Gasteiger partial charge in [0.2, 0.25) is 0 Å². The second kappa shape index (κ2) is 6.45. The predicted octanol–water partition coefficient (Wildman–Crippen LogP) is 4.41. The Balaban J connectivity index is 1.83. The molecule has 0 unspecified atom stereocenters. The van der Waals surface area contributed by atoms with E-state index < -0.39 is 5.63 Å². The third kappa shape index (κ3) is 3.10.